The molecule has 25 heavy (non-hydrogen) atoms. The molecule has 0 saturated heterocycles. The maximum atomic E-state index is 10.4. The van der Waals surface area contributed by atoms with Gasteiger partial charge in [0.15, 0.2) is 5.82 Å². The van der Waals surface area contributed by atoms with Gasteiger partial charge in [-0.2, -0.15) is 4.98 Å². The Morgan fingerprint density at radius 2 is 1.92 bits per heavy atom. The van der Waals surface area contributed by atoms with Gasteiger partial charge < -0.3 is 10.0 Å². The van der Waals surface area contributed by atoms with Gasteiger partial charge in [0, 0.05) is 29.7 Å². The number of benzene rings is 1. The van der Waals surface area contributed by atoms with Gasteiger partial charge in [0.05, 0.1) is 17.8 Å². The lowest BCUT2D eigenvalue weighted by molar-refractivity contribution is 0.439. The van der Waals surface area contributed by atoms with Crippen LogP contribution in [0.4, 0.5) is 5.69 Å². The van der Waals surface area contributed by atoms with Crippen LogP contribution < -0.4 is 4.90 Å². The van der Waals surface area contributed by atoms with Crippen molar-refractivity contribution in [2.24, 2.45) is 0 Å². The Morgan fingerprint density at radius 3 is 2.64 bits per heavy atom. The Labute approximate surface area is 150 Å². The Hall–Kier alpha value is -2.60. The molecule has 5 nitrogen and oxygen atoms in total. The molecular weight excluding hydrogens is 332 g/mol. The molecule has 4 rings (SSSR count). The number of fused-ring (bicyclic) bond motifs is 1. The lowest BCUT2D eigenvalue weighted by Gasteiger charge is -2.30. The maximum absolute atomic E-state index is 10.4. The highest BCUT2D eigenvalue weighted by molar-refractivity contribution is 7.98. The smallest absolute Gasteiger partial charge is 0.219 e. The monoisotopic (exact) mass is 350 g/mol. The van der Waals surface area contributed by atoms with Gasteiger partial charge in [-0.1, -0.05) is 6.07 Å². The van der Waals surface area contributed by atoms with Gasteiger partial charge in [-0.05, 0) is 42.7 Å². The van der Waals surface area contributed by atoms with E-state index in [4.69, 9.17) is 0 Å². The number of aromatic hydroxyl groups is 1. The molecule has 1 aliphatic rings. The number of thioether (sulfide) groups is 1. The van der Waals surface area contributed by atoms with Crippen LogP contribution in [-0.4, -0.2) is 32.9 Å². The average molecular weight is 350 g/mol. The Balaban J connectivity index is 1.63. The van der Waals surface area contributed by atoms with Gasteiger partial charge in [0.1, 0.15) is 5.69 Å². The van der Waals surface area contributed by atoms with Crippen molar-refractivity contribution >= 4 is 17.4 Å². The van der Waals surface area contributed by atoms with Crippen molar-refractivity contribution < 1.29 is 5.11 Å². The zero-order valence-corrected chi connectivity index (χ0v) is 14.7. The number of hydrogen-bond donors (Lipinski definition) is 1. The van der Waals surface area contributed by atoms with E-state index >= 15 is 0 Å². The summed E-state index contributed by atoms with van der Waals surface area (Å²) in [6.45, 7) is 1.48. The van der Waals surface area contributed by atoms with E-state index < -0.39 is 0 Å². The molecule has 1 N–H and O–H groups in total. The molecule has 0 amide bonds. The number of nitrogens with zero attached hydrogens (tertiary/aromatic N) is 4. The summed E-state index contributed by atoms with van der Waals surface area (Å²) >= 11 is 1.73. The largest absolute Gasteiger partial charge is 0.493 e. The highest BCUT2D eigenvalue weighted by Gasteiger charge is 2.23. The van der Waals surface area contributed by atoms with Gasteiger partial charge in [-0.15, -0.1) is 11.8 Å². The van der Waals surface area contributed by atoms with Gasteiger partial charge >= 0.3 is 0 Å². The summed E-state index contributed by atoms with van der Waals surface area (Å²) in [5.41, 5.74) is 3.54. The predicted octanol–water partition coefficient (Wildman–Crippen LogP) is 3.53. The van der Waals surface area contributed by atoms with Crippen molar-refractivity contribution in [3.63, 3.8) is 0 Å². The maximum Gasteiger partial charge on any atom is 0.219 e. The Bertz CT molecular complexity index is 884. The van der Waals surface area contributed by atoms with E-state index in [1.165, 1.54) is 4.90 Å². The van der Waals surface area contributed by atoms with Crippen LogP contribution in [0.25, 0.3) is 11.5 Å². The van der Waals surface area contributed by atoms with Gasteiger partial charge in [-0.3, -0.25) is 4.98 Å². The number of pyridine rings is 1. The minimum Gasteiger partial charge on any atom is -0.493 e. The van der Waals surface area contributed by atoms with Crippen LogP contribution in [0, 0.1) is 0 Å². The number of anilines is 1. The number of aromatic nitrogens is 3. The van der Waals surface area contributed by atoms with Gasteiger partial charge in [0.2, 0.25) is 5.88 Å². The summed E-state index contributed by atoms with van der Waals surface area (Å²) in [5.74, 6) is 0.533. The van der Waals surface area contributed by atoms with E-state index in [9.17, 15) is 5.11 Å². The van der Waals surface area contributed by atoms with Crippen LogP contribution in [0.5, 0.6) is 5.88 Å². The van der Waals surface area contributed by atoms with Gasteiger partial charge in [-0.25, -0.2) is 4.98 Å². The quantitative estimate of drug-likeness (QED) is 0.729. The second kappa shape index (κ2) is 6.72. The van der Waals surface area contributed by atoms with Crippen LogP contribution in [-0.2, 0) is 13.0 Å². The first-order chi connectivity index (χ1) is 12.2. The van der Waals surface area contributed by atoms with Crippen molar-refractivity contribution in [2.75, 3.05) is 17.7 Å². The molecule has 0 aliphatic carbocycles. The summed E-state index contributed by atoms with van der Waals surface area (Å²) in [6.07, 6.45) is 4.55. The summed E-state index contributed by atoms with van der Waals surface area (Å²) in [6, 6.07) is 14.1. The third-order valence-corrected chi connectivity index (χ3v) is 5.11. The first kappa shape index (κ1) is 15.9. The average Bonchev–Trinajstić information content (AvgIpc) is 2.68. The van der Waals surface area contributed by atoms with E-state index in [0.717, 1.165) is 29.9 Å². The molecular formula is C19H18N4OS. The fraction of sp³-hybridized carbons (Fsp3) is 0.211. The molecule has 2 aromatic heterocycles. The van der Waals surface area contributed by atoms with Crippen molar-refractivity contribution in [2.45, 2.75) is 17.9 Å². The van der Waals surface area contributed by atoms with E-state index in [1.807, 2.05) is 18.2 Å². The second-order valence-corrected chi connectivity index (χ2v) is 6.76. The fourth-order valence-electron chi connectivity index (χ4n) is 3.02. The standard InChI is InChI=1S/C19H18N4OS/c1-25-14-7-5-13(6-8-14)23-11-9-16-15(12-23)19(24)22-18(21-16)17-4-2-3-10-20-17/h2-8,10H,9,11-12H2,1H3,(H,21,22,24). The molecule has 3 aromatic rings. The van der Waals surface area contributed by atoms with Gasteiger partial charge in [0.25, 0.3) is 0 Å². The molecule has 126 valence electrons. The highest BCUT2D eigenvalue weighted by atomic mass is 32.2. The molecule has 0 fully saturated rings. The highest BCUT2D eigenvalue weighted by Crippen LogP contribution is 2.30. The fourth-order valence-corrected chi connectivity index (χ4v) is 3.43. The normalized spacial score (nSPS) is 13.6. The van der Waals surface area contributed by atoms with Crippen molar-refractivity contribution in [3.8, 4) is 17.4 Å². The molecule has 3 heterocycles. The Kier molecular flexibility index (Phi) is 4.28. The van der Waals surface area contributed by atoms with Crippen LogP contribution in [0.15, 0.2) is 53.6 Å². The van der Waals surface area contributed by atoms with E-state index in [0.29, 0.717) is 18.1 Å². The lowest BCUT2D eigenvalue weighted by Crippen LogP contribution is -2.31. The molecule has 0 bridgehead atoms. The van der Waals surface area contributed by atoms with E-state index in [1.54, 1.807) is 18.0 Å². The van der Waals surface area contributed by atoms with Crippen molar-refractivity contribution in [3.05, 3.63) is 59.9 Å². The first-order valence-electron chi connectivity index (χ1n) is 8.14. The van der Waals surface area contributed by atoms with Crippen LogP contribution in [0.3, 0.4) is 0 Å². The molecule has 1 aliphatic heterocycles. The molecule has 0 saturated carbocycles. The molecule has 0 spiro atoms. The van der Waals surface area contributed by atoms with E-state index in [-0.39, 0.29) is 5.88 Å². The molecule has 1 aromatic carbocycles. The third-order valence-electron chi connectivity index (χ3n) is 4.37. The molecule has 0 radical (unpaired) electrons. The first-order valence-corrected chi connectivity index (χ1v) is 9.36. The summed E-state index contributed by atoms with van der Waals surface area (Å²) < 4.78 is 0. The molecule has 0 unspecified atom stereocenters. The zero-order chi connectivity index (χ0) is 17.2. The number of hydrogen-bond acceptors (Lipinski definition) is 6. The predicted molar refractivity (Wildman–Crippen MR) is 99.9 cm³/mol. The Morgan fingerprint density at radius 1 is 1.08 bits per heavy atom. The minimum atomic E-state index is 0.0519. The lowest BCUT2D eigenvalue weighted by atomic mass is 10.1. The minimum absolute atomic E-state index is 0.0519. The van der Waals surface area contributed by atoms with E-state index in [2.05, 4.69) is 50.4 Å². The topological polar surface area (TPSA) is 62.1 Å². The summed E-state index contributed by atoms with van der Waals surface area (Å²) in [4.78, 5) is 16.7. The number of rotatable bonds is 3. The SMILES string of the molecule is CSc1ccc(N2CCc3nc(-c4ccccn4)nc(O)c3C2)cc1. The molecule has 6 heteroatoms. The zero-order valence-electron chi connectivity index (χ0n) is 13.9. The van der Waals surface area contributed by atoms with Crippen molar-refractivity contribution in [1.29, 1.82) is 0 Å². The van der Waals surface area contributed by atoms with Crippen molar-refractivity contribution in [1.82, 2.24) is 15.0 Å². The molecule has 0 atom stereocenters. The second-order valence-electron chi connectivity index (χ2n) is 5.88. The van der Waals surface area contributed by atoms with Crippen LogP contribution >= 0.6 is 11.8 Å². The summed E-state index contributed by atoms with van der Waals surface area (Å²) in [5, 5.41) is 10.4. The third kappa shape index (κ3) is 3.17. The van der Waals surface area contributed by atoms with Crippen LogP contribution in [0.2, 0.25) is 0 Å². The summed E-state index contributed by atoms with van der Waals surface area (Å²) in [7, 11) is 0. The van der Waals surface area contributed by atoms with Crippen LogP contribution in [0.1, 0.15) is 11.3 Å².